The van der Waals surface area contributed by atoms with E-state index in [2.05, 4.69) is 5.32 Å². The lowest BCUT2D eigenvalue weighted by Crippen LogP contribution is -2.37. The number of amides is 3. The van der Waals surface area contributed by atoms with Crippen molar-refractivity contribution < 1.29 is 23.2 Å². The van der Waals surface area contributed by atoms with Crippen LogP contribution in [0.25, 0.3) is 0 Å². The Balaban J connectivity index is 1.42. The summed E-state index contributed by atoms with van der Waals surface area (Å²) in [5.74, 6) is -1.11. The van der Waals surface area contributed by atoms with Crippen molar-refractivity contribution in [2.24, 2.45) is 5.92 Å². The molecule has 9 heteroatoms. The minimum atomic E-state index is -0.783. The molecule has 2 aromatic rings. The number of nitrogens with zero attached hydrogens (tertiary/aromatic N) is 2. The van der Waals surface area contributed by atoms with E-state index in [1.54, 1.807) is 25.1 Å². The Labute approximate surface area is 188 Å². The third kappa shape index (κ3) is 4.77. The van der Waals surface area contributed by atoms with E-state index in [1.165, 1.54) is 4.90 Å². The third-order valence-corrected chi connectivity index (χ3v) is 6.63. The average molecular weight is 460 g/mol. The van der Waals surface area contributed by atoms with Crippen molar-refractivity contribution in [3.05, 3.63) is 59.2 Å². The maximum Gasteiger partial charge on any atom is 0.253 e. The molecule has 1 atom stereocenters. The highest BCUT2D eigenvalue weighted by Crippen LogP contribution is 2.28. The van der Waals surface area contributed by atoms with E-state index < -0.39 is 17.6 Å². The number of hydrogen-bond donors (Lipinski definition) is 1. The van der Waals surface area contributed by atoms with Crippen LogP contribution in [0.5, 0.6) is 0 Å². The van der Waals surface area contributed by atoms with Crippen LogP contribution in [0.4, 0.5) is 20.2 Å². The predicted octanol–water partition coefficient (Wildman–Crippen LogP) is 3.45. The van der Waals surface area contributed by atoms with Gasteiger partial charge in [0, 0.05) is 60.6 Å². The molecule has 32 heavy (non-hydrogen) atoms. The molecule has 2 aliphatic heterocycles. The van der Waals surface area contributed by atoms with E-state index in [4.69, 9.17) is 0 Å². The maximum absolute atomic E-state index is 13.5. The molecule has 1 unspecified atom stereocenters. The summed E-state index contributed by atoms with van der Waals surface area (Å²) in [5, 5.41) is 2.82. The molecule has 3 amide bonds. The fourth-order valence-electron chi connectivity index (χ4n) is 3.95. The number of aryl methyl sites for hydroxylation is 1. The SMILES string of the molecule is Cc1cc(C(=O)N2CCSCC2)ccc1NC(=O)C1CC(=O)N(c2cc(F)cc(F)c2)C1. The normalized spacial score (nSPS) is 18.7. The molecule has 0 aromatic heterocycles. The number of hydrogen-bond acceptors (Lipinski definition) is 4. The molecule has 2 aromatic carbocycles. The van der Waals surface area contributed by atoms with Gasteiger partial charge in [-0.25, -0.2) is 8.78 Å². The Morgan fingerprint density at radius 1 is 1.06 bits per heavy atom. The van der Waals surface area contributed by atoms with Crippen molar-refractivity contribution in [2.45, 2.75) is 13.3 Å². The minimum Gasteiger partial charge on any atom is -0.337 e. The predicted molar refractivity (Wildman–Crippen MR) is 120 cm³/mol. The highest BCUT2D eigenvalue weighted by molar-refractivity contribution is 7.99. The highest BCUT2D eigenvalue weighted by Gasteiger charge is 2.35. The third-order valence-electron chi connectivity index (χ3n) is 5.68. The first-order valence-corrected chi connectivity index (χ1v) is 11.5. The number of nitrogens with one attached hydrogen (secondary N) is 1. The molecule has 2 fully saturated rings. The maximum atomic E-state index is 13.5. The molecule has 6 nitrogen and oxygen atoms in total. The second-order valence-corrected chi connectivity index (χ2v) is 9.18. The van der Waals surface area contributed by atoms with Gasteiger partial charge in [-0.15, -0.1) is 0 Å². The number of carbonyl (C=O) groups is 3. The smallest absolute Gasteiger partial charge is 0.253 e. The largest absolute Gasteiger partial charge is 0.337 e. The number of carbonyl (C=O) groups excluding carboxylic acids is 3. The van der Waals surface area contributed by atoms with E-state index >= 15 is 0 Å². The lowest BCUT2D eigenvalue weighted by Gasteiger charge is -2.26. The minimum absolute atomic E-state index is 0.0226. The Kier molecular flexibility index (Phi) is 6.45. The van der Waals surface area contributed by atoms with Gasteiger partial charge in [-0.1, -0.05) is 0 Å². The quantitative estimate of drug-likeness (QED) is 0.761. The fourth-order valence-corrected chi connectivity index (χ4v) is 4.85. The van der Waals surface area contributed by atoms with Crippen molar-refractivity contribution in [2.75, 3.05) is 41.4 Å². The summed E-state index contributed by atoms with van der Waals surface area (Å²) in [5.41, 5.74) is 1.97. The van der Waals surface area contributed by atoms with Gasteiger partial charge >= 0.3 is 0 Å². The summed E-state index contributed by atoms with van der Waals surface area (Å²) >= 11 is 1.83. The topological polar surface area (TPSA) is 69.7 Å². The molecule has 2 aliphatic rings. The number of anilines is 2. The van der Waals surface area contributed by atoms with Crippen LogP contribution in [-0.2, 0) is 9.59 Å². The zero-order chi connectivity index (χ0) is 22.8. The molecular weight excluding hydrogens is 436 g/mol. The van der Waals surface area contributed by atoms with Crippen LogP contribution in [-0.4, -0.2) is 53.8 Å². The van der Waals surface area contributed by atoms with Gasteiger partial charge in [-0.05, 0) is 42.8 Å². The van der Waals surface area contributed by atoms with Crippen LogP contribution in [0.15, 0.2) is 36.4 Å². The fraction of sp³-hybridized carbons (Fsp3) is 0.348. The molecule has 4 rings (SSSR count). The van der Waals surface area contributed by atoms with Crippen molar-refractivity contribution >= 4 is 40.9 Å². The first kappa shape index (κ1) is 22.3. The van der Waals surface area contributed by atoms with E-state index in [0.29, 0.717) is 11.3 Å². The lowest BCUT2D eigenvalue weighted by atomic mass is 10.1. The second-order valence-electron chi connectivity index (χ2n) is 7.96. The Hall–Kier alpha value is -2.94. The number of thioether (sulfide) groups is 1. The molecule has 0 aliphatic carbocycles. The first-order chi connectivity index (χ1) is 15.3. The Morgan fingerprint density at radius 3 is 2.41 bits per heavy atom. The van der Waals surface area contributed by atoms with Crippen LogP contribution in [0.2, 0.25) is 0 Å². The van der Waals surface area contributed by atoms with Gasteiger partial charge in [0.2, 0.25) is 11.8 Å². The monoisotopic (exact) mass is 459 g/mol. The van der Waals surface area contributed by atoms with Gasteiger partial charge < -0.3 is 15.1 Å². The van der Waals surface area contributed by atoms with Crippen molar-refractivity contribution in [1.82, 2.24) is 4.90 Å². The van der Waals surface area contributed by atoms with Crippen molar-refractivity contribution in [1.29, 1.82) is 0 Å². The molecule has 0 radical (unpaired) electrons. The van der Waals surface area contributed by atoms with Crippen molar-refractivity contribution in [3.63, 3.8) is 0 Å². The van der Waals surface area contributed by atoms with E-state index in [1.807, 2.05) is 16.7 Å². The molecule has 0 spiro atoms. The zero-order valence-corrected chi connectivity index (χ0v) is 18.4. The first-order valence-electron chi connectivity index (χ1n) is 10.4. The van der Waals surface area contributed by atoms with Gasteiger partial charge in [0.1, 0.15) is 11.6 Å². The molecule has 168 valence electrons. The summed E-state index contributed by atoms with van der Waals surface area (Å²) < 4.78 is 27.0. The molecule has 1 N–H and O–H groups in total. The molecule has 0 saturated carbocycles. The van der Waals surface area contributed by atoms with E-state index in [0.717, 1.165) is 48.4 Å². The molecular formula is C23H23F2N3O3S. The Bertz CT molecular complexity index is 1050. The second kappa shape index (κ2) is 9.28. The van der Waals surface area contributed by atoms with Crippen LogP contribution in [0.1, 0.15) is 22.3 Å². The van der Waals surface area contributed by atoms with E-state index in [-0.39, 0.29) is 36.4 Å². The van der Waals surface area contributed by atoms with Crippen molar-refractivity contribution in [3.8, 4) is 0 Å². The standard InChI is InChI=1S/C23H23F2N3O3S/c1-14-8-15(23(31)27-4-6-32-7-5-27)2-3-20(14)26-22(30)16-9-21(29)28(13-16)19-11-17(24)10-18(25)12-19/h2-3,8,10-12,16H,4-7,9,13H2,1H3,(H,26,30). The van der Waals surface area contributed by atoms with Gasteiger partial charge in [-0.3, -0.25) is 14.4 Å². The molecule has 0 bridgehead atoms. The average Bonchev–Trinajstić information content (AvgIpc) is 3.16. The van der Waals surface area contributed by atoms with Gasteiger partial charge in [-0.2, -0.15) is 11.8 Å². The van der Waals surface area contributed by atoms with Crippen LogP contribution >= 0.6 is 11.8 Å². The van der Waals surface area contributed by atoms with Crippen LogP contribution in [0.3, 0.4) is 0 Å². The summed E-state index contributed by atoms with van der Waals surface area (Å²) in [7, 11) is 0. The summed E-state index contributed by atoms with van der Waals surface area (Å²) in [4.78, 5) is 40.9. The highest BCUT2D eigenvalue weighted by atomic mass is 32.2. The number of benzene rings is 2. The summed E-state index contributed by atoms with van der Waals surface area (Å²) in [6.45, 7) is 3.29. The number of halogens is 2. The summed E-state index contributed by atoms with van der Waals surface area (Å²) in [6, 6.07) is 8.01. The zero-order valence-electron chi connectivity index (χ0n) is 17.6. The number of rotatable bonds is 4. The van der Waals surface area contributed by atoms with Gasteiger partial charge in [0.15, 0.2) is 0 Å². The molecule has 2 saturated heterocycles. The van der Waals surface area contributed by atoms with Gasteiger partial charge in [0.25, 0.3) is 5.91 Å². The summed E-state index contributed by atoms with van der Waals surface area (Å²) in [6.07, 6.45) is -0.0491. The van der Waals surface area contributed by atoms with Crippen LogP contribution in [0, 0.1) is 24.5 Å². The lowest BCUT2D eigenvalue weighted by molar-refractivity contribution is -0.122. The van der Waals surface area contributed by atoms with E-state index in [9.17, 15) is 23.2 Å². The molecule has 2 heterocycles. The Morgan fingerprint density at radius 2 is 1.75 bits per heavy atom. The van der Waals surface area contributed by atoms with Gasteiger partial charge in [0.05, 0.1) is 5.92 Å². The van der Waals surface area contributed by atoms with Crippen LogP contribution < -0.4 is 10.2 Å².